The van der Waals surface area contributed by atoms with Crippen molar-refractivity contribution in [2.45, 2.75) is 45.3 Å². The van der Waals surface area contributed by atoms with E-state index >= 15 is 0 Å². The standard InChI is InChI=1S/C18H29N3O2SSi/c1-18(2,3)25(6,7)17-19-14-16(13-15-11-9-8-10-12-15)21(17)24(22,23)20(4)5/h8-12,14H,13H2,1-7H3. The molecule has 0 N–H and O–H groups in total. The molecule has 0 radical (unpaired) electrons. The average Bonchev–Trinajstić information content (AvgIpc) is 2.92. The molecule has 5 nitrogen and oxygen atoms in total. The van der Waals surface area contributed by atoms with Crippen molar-refractivity contribution < 1.29 is 8.42 Å². The van der Waals surface area contributed by atoms with Gasteiger partial charge in [-0.2, -0.15) is 12.7 Å². The van der Waals surface area contributed by atoms with Crippen molar-refractivity contribution in [1.29, 1.82) is 0 Å². The third-order valence-electron chi connectivity index (χ3n) is 5.14. The molecule has 2 aromatic rings. The summed E-state index contributed by atoms with van der Waals surface area (Å²) in [6.45, 7) is 10.9. The number of rotatable bonds is 5. The van der Waals surface area contributed by atoms with Gasteiger partial charge in [0.2, 0.25) is 0 Å². The molecular formula is C18H29N3O2SSi. The van der Waals surface area contributed by atoms with Gasteiger partial charge in [0.1, 0.15) is 13.5 Å². The monoisotopic (exact) mass is 379 g/mol. The predicted octanol–water partition coefficient (Wildman–Crippen LogP) is 2.84. The number of nitrogens with zero attached hydrogens (tertiary/aromatic N) is 3. The van der Waals surface area contributed by atoms with Gasteiger partial charge in [0.15, 0.2) is 0 Å². The molecule has 0 spiro atoms. The summed E-state index contributed by atoms with van der Waals surface area (Å²) in [5.41, 5.74) is 2.48. The van der Waals surface area contributed by atoms with Crippen molar-refractivity contribution in [1.82, 2.24) is 13.3 Å². The zero-order valence-electron chi connectivity index (χ0n) is 16.2. The second-order valence-electron chi connectivity index (χ2n) is 8.17. The summed E-state index contributed by atoms with van der Waals surface area (Å²) in [5.74, 6) is 0. The van der Waals surface area contributed by atoms with Gasteiger partial charge < -0.3 is 0 Å². The summed E-state index contributed by atoms with van der Waals surface area (Å²) in [6, 6.07) is 9.89. The maximum atomic E-state index is 13.1. The third kappa shape index (κ3) is 3.73. The van der Waals surface area contributed by atoms with Crippen molar-refractivity contribution >= 4 is 23.7 Å². The number of hydrogen-bond donors (Lipinski definition) is 0. The Hall–Kier alpha value is -1.44. The molecule has 1 aromatic heterocycles. The summed E-state index contributed by atoms with van der Waals surface area (Å²) in [7, 11) is -2.63. The number of hydrogen-bond acceptors (Lipinski definition) is 3. The van der Waals surface area contributed by atoms with E-state index in [1.165, 1.54) is 8.28 Å². The van der Waals surface area contributed by atoms with Crippen molar-refractivity contribution in [3.05, 3.63) is 47.8 Å². The van der Waals surface area contributed by atoms with E-state index in [0.717, 1.165) is 5.56 Å². The minimum Gasteiger partial charge on any atom is -0.246 e. The second-order valence-corrected chi connectivity index (χ2v) is 15.4. The maximum Gasteiger partial charge on any atom is 0.308 e. The van der Waals surface area contributed by atoms with E-state index in [0.29, 0.717) is 17.6 Å². The molecule has 0 saturated carbocycles. The summed E-state index contributed by atoms with van der Waals surface area (Å²) >= 11 is 0. The Morgan fingerprint density at radius 3 is 2.16 bits per heavy atom. The van der Waals surface area contributed by atoms with Crippen molar-refractivity contribution in [2.24, 2.45) is 0 Å². The van der Waals surface area contributed by atoms with Crippen LogP contribution in [0.25, 0.3) is 0 Å². The number of aromatic nitrogens is 2. The van der Waals surface area contributed by atoms with Crippen molar-refractivity contribution in [3.8, 4) is 0 Å². The van der Waals surface area contributed by atoms with Gasteiger partial charge >= 0.3 is 10.2 Å². The Morgan fingerprint density at radius 1 is 1.12 bits per heavy atom. The van der Waals surface area contributed by atoms with Crippen LogP contribution in [0, 0.1) is 0 Å². The van der Waals surface area contributed by atoms with Gasteiger partial charge in [-0.15, -0.1) is 0 Å². The Kier molecular flexibility index (Phi) is 5.33. The van der Waals surface area contributed by atoms with Crippen molar-refractivity contribution in [3.63, 3.8) is 0 Å². The first-order valence-corrected chi connectivity index (χ1v) is 12.8. The topological polar surface area (TPSA) is 55.2 Å². The first kappa shape index (κ1) is 19.9. The fourth-order valence-corrected chi connectivity index (χ4v) is 6.21. The van der Waals surface area contributed by atoms with Crippen LogP contribution in [0.3, 0.4) is 0 Å². The molecule has 1 heterocycles. The van der Waals surface area contributed by atoms with Crippen LogP contribution in [0.2, 0.25) is 18.1 Å². The molecule has 0 saturated heterocycles. The predicted molar refractivity (Wildman–Crippen MR) is 106 cm³/mol. The first-order chi connectivity index (χ1) is 11.4. The molecule has 0 aliphatic carbocycles. The Bertz CT molecular complexity index is 835. The molecule has 0 bridgehead atoms. The fourth-order valence-electron chi connectivity index (χ4n) is 2.47. The fraction of sp³-hybridized carbons (Fsp3) is 0.500. The molecule has 2 rings (SSSR count). The number of benzene rings is 1. The minimum atomic E-state index is -3.64. The van der Waals surface area contributed by atoms with Crippen LogP contribution in [0.4, 0.5) is 0 Å². The highest BCUT2D eigenvalue weighted by Crippen LogP contribution is 2.35. The normalized spacial score (nSPS) is 13.4. The zero-order valence-corrected chi connectivity index (χ0v) is 18.1. The van der Waals surface area contributed by atoms with Crippen LogP contribution >= 0.6 is 0 Å². The van der Waals surface area contributed by atoms with E-state index in [4.69, 9.17) is 0 Å². The van der Waals surface area contributed by atoms with Crippen molar-refractivity contribution in [2.75, 3.05) is 14.1 Å². The molecule has 0 aliphatic heterocycles. The van der Waals surface area contributed by atoms with Gasteiger partial charge in [-0.1, -0.05) is 64.2 Å². The lowest BCUT2D eigenvalue weighted by Gasteiger charge is -2.36. The highest BCUT2D eigenvalue weighted by molar-refractivity contribution is 7.87. The first-order valence-electron chi connectivity index (χ1n) is 8.43. The van der Waals surface area contributed by atoms with E-state index < -0.39 is 18.3 Å². The van der Waals surface area contributed by atoms with Gasteiger partial charge in [0, 0.05) is 26.7 Å². The van der Waals surface area contributed by atoms with Crippen LogP contribution in [0.15, 0.2) is 36.5 Å². The van der Waals surface area contributed by atoms with Gasteiger partial charge in [-0.05, 0) is 10.6 Å². The molecule has 0 fully saturated rings. The SMILES string of the molecule is CN(C)S(=O)(=O)n1c(Cc2ccccc2)cnc1[Si](C)(C)C(C)(C)C. The van der Waals surface area contributed by atoms with E-state index in [-0.39, 0.29) is 5.04 Å². The molecule has 0 atom stereocenters. The maximum absolute atomic E-state index is 13.1. The van der Waals surface area contributed by atoms with E-state index in [1.807, 2.05) is 30.3 Å². The molecule has 1 aromatic carbocycles. The van der Waals surface area contributed by atoms with E-state index in [9.17, 15) is 8.42 Å². The lowest BCUT2D eigenvalue weighted by atomic mass is 10.1. The van der Waals surface area contributed by atoms with Gasteiger partial charge in [-0.3, -0.25) is 0 Å². The van der Waals surface area contributed by atoms with E-state index in [1.54, 1.807) is 20.3 Å². The molecule has 7 heteroatoms. The Morgan fingerprint density at radius 2 is 1.68 bits per heavy atom. The summed E-state index contributed by atoms with van der Waals surface area (Å²) in [6.07, 6.45) is 2.26. The smallest absolute Gasteiger partial charge is 0.246 e. The van der Waals surface area contributed by atoms with Gasteiger partial charge in [0.05, 0.1) is 5.69 Å². The average molecular weight is 380 g/mol. The van der Waals surface area contributed by atoms with Crippen LogP contribution in [0.5, 0.6) is 0 Å². The van der Waals surface area contributed by atoms with Crippen LogP contribution in [-0.4, -0.2) is 43.8 Å². The second kappa shape index (κ2) is 6.70. The van der Waals surface area contributed by atoms with E-state index in [2.05, 4.69) is 38.8 Å². The molecule has 0 aliphatic rings. The quantitative estimate of drug-likeness (QED) is 0.751. The molecule has 138 valence electrons. The van der Waals surface area contributed by atoms with Gasteiger partial charge in [0.25, 0.3) is 0 Å². The lowest BCUT2D eigenvalue weighted by Crippen LogP contribution is -2.56. The van der Waals surface area contributed by atoms with Crippen LogP contribution in [-0.2, 0) is 16.6 Å². The Labute approximate surface area is 152 Å². The lowest BCUT2D eigenvalue weighted by molar-refractivity contribution is 0.510. The summed E-state index contributed by atoms with van der Waals surface area (Å²) in [5, 5.41) is -0.0120. The molecule has 0 amide bonds. The largest absolute Gasteiger partial charge is 0.308 e. The summed E-state index contributed by atoms with van der Waals surface area (Å²) < 4.78 is 28.9. The third-order valence-corrected chi connectivity index (χ3v) is 12.3. The highest BCUT2D eigenvalue weighted by Gasteiger charge is 2.43. The molecule has 0 unspecified atom stereocenters. The van der Waals surface area contributed by atoms with Gasteiger partial charge in [-0.25, -0.2) is 8.96 Å². The molecular weight excluding hydrogens is 350 g/mol. The van der Waals surface area contributed by atoms with Crippen LogP contribution in [0.1, 0.15) is 32.0 Å². The zero-order chi connectivity index (χ0) is 19.0. The highest BCUT2D eigenvalue weighted by atomic mass is 32.2. The summed E-state index contributed by atoms with van der Waals surface area (Å²) in [4.78, 5) is 4.62. The minimum absolute atomic E-state index is 0.0120. The van der Waals surface area contributed by atoms with Crippen LogP contribution < -0.4 is 5.45 Å². The Balaban J connectivity index is 2.68. The molecule has 25 heavy (non-hydrogen) atoms. The number of imidazole rings is 1.